The third kappa shape index (κ3) is 3.61. The fourth-order valence-electron chi connectivity index (χ4n) is 2.29. The Bertz CT molecular complexity index is 503. The summed E-state index contributed by atoms with van der Waals surface area (Å²) in [6, 6.07) is 19.2. The Kier molecular flexibility index (Phi) is 5.19. The summed E-state index contributed by atoms with van der Waals surface area (Å²) in [6.45, 7) is 5.28. The Balaban J connectivity index is 2.26. The molecule has 0 saturated heterocycles. The predicted octanol–water partition coefficient (Wildman–Crippen LogP) is 4.64. The van der Waals surface area contributed by atoms with Crippen LogP contribution in [0.25, 0.3) is 0 Å². The van der Waals surface area contributed by atoms with Crippen molar-refractivity contribution >= 4 is 11.4 Å². The summed E-state index contributed by atoms with van der Waals surface area (Å²) >= 11 is 0. The molecule has 2 heteroatoms. The summed E-state index contributed by atoms with van der Waals surface area (Å²) in [5.74, 6) is 0. The van der Waals surface area contributed by atoms with Gasteiger partial charge in [-0.25, -0.2) is 0 Å². The van der Waals surface area contributed by atoms with Gasteiger partial charge in [-0.2, -0.15) is 0 Å². The first-order valence-corrected chi connectivity index (χ1v) is 7.40. The van der Waals surface area contributed by atoms with E-state index < -0.39 is 0 Å². The number of unbranched alkanes of at least 4 members (excludes halogenated alkanes) is 1. The van der Waals surface area contributed by atoms with Gasteiger partial charge in [0.05, 0.1) is 0 Å². The van der Waals surface area contributed by atoms with Crippen LogP contribution < -0.4 is 10.6 Å². The van der Waals surface area contributed by atoms with E-state index in [4.69, 9.17) is 5.73 Å². The molecule has 0 bridgehead atoms. The summed E-state index contributed by atoms with van der Waals surface area (Å²) in [4.78, 5) is 2.37. The van der Waals surface area contributed by atoms with Crippen LogP contribution in [0.2, 0.25) is 0 Å². The average Bonchev–Trinajstić information content (AvgIpc) is 2.49. The van der Waals surface area contributed by atoms with Gasteiger partial charge in [0.2, 0.25) is 0 Å². The van der Waals surface area contributed by atoms with Gasteiger partial charge in [0.15, 0.2) is 0 Å². The fraction of sp³-hybridized carbons (Fsp3) is 0.333. The van der Waals surface area contributed by atoms with Crippen molar-refractivity contribution in [2.24, 2.45) is 5.73 Å². The number of para-hydroxylation sites is 1. The van der Waals surface area contributed by atoms with Crippen molar-refractivity contribution in [2.75, 3.05) is 11.4 Å². The van der Waals surface area contributed by atoms with Crippen molar-refractivity contribution < 1.29 is 0 Å². The first-order valence-electron chi connectivity index (χ1n) is 7.40. The first-order chi connectivity index (χ1) is 9.72. The van der Waals surface area contributed by atoms with Gasteiger partial charge in [0.25, 0.3) is 0 Å². The Morgan fingerprint density at radius 2 is 1.55 bits per heavy atom. The number of anilines is 2. The van der Waals surface area contributed by atoms with Crippen molar-refractivity contribution in [2.45, 2.75) is 32.7 Å². The van der Waals surface area contributed by atoms with Gasteiger partial charge in [-0.1, -0.05) is 43.7 Å². The lowest BCUT2D eigenvalue weighted by Crippen LogP contribution is -2.18. The molecule has 2 rings (SSSR count). The molecule has 1 atom stereocenters. The minimum absolute atomic E-state index is 0.0878. The summed E-state index contributed by atoms with van der Waals surface area (Å²) in [5, 5.41) is 0. The number of rotatable bonds is 6. The third-order valence-corrected chi connectivity index (χ3v) is 3.53. The van der Waals surface area contributed by atoms with Crippen LogP contribution in [0.3, 0.4) is 0 Å². The van der Waals surface area contributed by atoms with E-state index >= 15 is 0 Å². The SMILES string of the molecule is CCCCN(c1ccccc1)c1ccc([C@H](C)N)cc1. The Morgan fingerprint density at radius 1 is 0.950 bits per heavy atom. The summed E-state index contributed by atoms with van der Waals surface area (Å²) in [6.07, 6.45) is 2.38. The summed E-state index contributed by atoms with van der Waals surface area (Å²) < 4.78 is 0. The molecule has 106 valence electrons. The molecule has 0 fully saturated rings. The Morgan fingerprint density at radius 3 is 2.10 bits per heavy atom. The molecule has 0 spiro atoms. The second kappa shape index (κ2) is 7.11. The highest BCUT2D eigenvalue weighted by Crippen LogP contribution is 2.26. The van der Waals surface area contributed by atoms with Crippen LogP contribution in [0.1, 0.15) is 38.3 Å². The van der Waals surface area contributed by atoms with E-state index in [0.29, 0.717) is 0 Å². The van der Waals surface area contributed by atoms with Crippen molar-refractivity contribution in [3.8, 4) is 0 Å². The maximum Gasteiger partial charge on any atom is 0.0410 e. The second-order valence-corrected chi connectivity index (χ2v) is 5.22. The van der Waals surface area contributed by atoms with Crippen molar-refractivity contribution in [3.63, 3.8) is 0 Å². The van der Waals surface area contributed by atoms with Crippen LogP contribution in [0.15, 0.2) is 54.6 Å². The number of nitrogens with two attached hydrogens (primary N) is 1. The molecule has 0 aliphatic rings. The highest BCUT2D eigenvalue weighted by molar-refractivity contribution is 5.63. The third-order valence-electron chi connectivity index (χ3n) is 3.53. The number of hydrogen-bond acceptors (Lipinski definition) is 2. The largest absolute Gasteiger partial charge is 0.341 e. The molecular weight excluding hydrogens is 244 g/mol. The Labute approximate surface area is 122 Å². The van der Waals surface area contributed by atoms with E-state index in [1.165, 1.54) is 29.8 Å². The van der Waals surface area contributed by atoms with Gasteiger partial charge in [0.1, 0.15) is 0 Å². The molecule has 2 N–H and O–H groups in total. The van der Waals surface area contributed by atoms with Crippen LogP contribution in [-0.2, 0) is 0 Å². The van der Waals surface area contributed by atoms with Gasteiger partial charge >= 0.3 is 0 Å². The van der Waals surface area contributed by atoms with E-state index in [1.54, 1.807) is 0 Å². The molecule has 2 aromatic rings. The molecule has 0 aliphatic carbocycles. The molecule has 0 radical (unpaired) electrons. The van der Waals surface area contributed by atoms with Gasteiger partial charge in [0, 0.05) is 24.0 Å². The average molecular weight is 268 g/mol. The zero-order valence-corrected chi connectivity index (χ0v) is 12.4. The van der Waals surface area contributed by atoms with Crippen LogP contribution in [0.5, 0.6) is 0 Å². The van der Waals surface area contributed by atoms with E-state index in [-0.39, 0.29) is 6.04 Å². The maximum absolute atomic E-state index is 5.92. The molecule has 0 unspecified atom stereocenters. The molecule has 0 amide bonds. The topological polar surface area (TPSA) is 29.3 Å². The van der Waals surface area contributed by atoms with Crippen LogP contribution >= 0.6 is 0 Å². The lowest BCUT2D eigenvalue weighted by Gasteiger charge is -2.25. The zero-order valence-electron chi connectivity index (χ0n) is 12.4. The molecule has 20 heavy (non-hydrogen) atoms. The highest BCUT2D eigenvalue weighted by Gasteiger charge is 2.09. The molecule has 0 saturated carbocycles. The lowest BCUT2D eigenvalue weighted by molar-refractivity contribution is 0.784. The smallest absolute Gasteiger partial charge is 0.0410 e. The highest BCUT2D eigenvalue weighted by atomic mass is 15.1. The molecule has 0 aromatic heterocycles. The predicted molar refractivity (Wildman–Crippen MR) is 87.4 cm³/mol. The van der Waals surface area contributed by atoms with Crippen LogP contribution in [0, 0.1) is 0 Å². The minimum Gasteiger partial charge on any atom is -0.341 e. The minimum atomic E-state index is 0.0878. The second-order valence-electron chi connectivity index (χ2n) is 5.22. The molecule has 2 nitrogen and oxygen atoms in total. The lowest BCUT2D eigenvalue weighted by atomic mass is 10.1. The number of benzene rings is 2. The Hall–Kier alpha value is -1.80. The van der Waals surface area contributed by atoms with E-state index in [1.807, 2.05) is 6.92 Å². The van der Waals surface area contributed by atoms with Crippen molar-refractivity contribution in [1.29, 1.82) is 0 Å². The van der Waals surface area contributed by atoms with E-state index in [0.717, 1.165) is 6.54 Å². The molecule has 0 heterocycles. The summed E-state index contributed by atoms with van der Waals surface area (Å²) in [5.41, 5.74) is 9.57. The first kappa shape index (κ1) is 14.6. The van der Waals surface area contributed by atoms with Crippen LogP contribution in [-0.4, -0.2) is 6.54 Å². The quantitative estimate of drug-likeness (QED) is 0.826. The maximum atomic E-state index is 5.92. The van der Waals surface area contributed by atoms with E-state index in [2.05, 4.69) is 66.4 Å². The van der Waals surface area contributed by atoms with Gasteiger partial charge < -0.3 is 10.6 Å². The molecule has 0 aliphatic heterocycles. The van der Waals surface area contributed by atoms with Gasteiger partial charge in [-0.05, 0) is 43.2 Å². The normalized spacial score (nSPS) is 12.2. The van der Waals surface area contributed by atoms with Crippen LogP contribution in [0.4, 0.5) is 11.4 Å². The standard InChI is InChI=1S/C18H24N2/c1-3-4-14-20(17-8-6-5-7-9-17)18-12-10-16(11-13-18)15(2)19/h5-13,15H,3-4,14,19H2,1-2H3/t15-/m0/s1. The molecule has 2 aromatic carbocycles. The van der Waals surface area contributed by atoms with E-state index in [9.17, 15) is 0 Å². The fourth-order valence-corrected chi connectivity index (χ4v) is 2.29. The monoisotopic (exact) mass is 268 g/mol. The summed E-state index contributed by atoms with van der Waals surface area (Å²) in [7, 11) is 0. The molecular formula is C18H24N2. The zero-order chi connectivity index (χ0) is 14.4. The van der Waals surface area contributed by atoms with Gasteiger partial charge in [-0.3, -0.25) is 0 Å². The van der Waals surface area contributed by atoms with Crippen molar-refractivity contribution in [3.05, 3.63) is 60.2 Å². The number of nitrogens with zero attached hydrogens (tertiary/aromatic N) is 1. The number of hydrogen-bond donors (Lipinski definition) is 1. The van der Waals surface area contributed by atoms with Gasteiger partial charge in [-0.15, -0.1) is 0 Å². The van der Waals surface area contributed by atoms with Crippen molar-refractivity contribution in [1.82, 2.24) is 0 Å².